The van der Waals surface area contributed by atoms with Crippen LogP contribution >= 0.6 is 0 Å². The van der Waals surface area contributed by atoms with Gasteiger partial charge in [-0.15, -0.1) is 0 Å². The average Bonchev–Trinajstić information content (AvgIpc) is 2.99. The lowest BCUT2D eigenvalue weighted by Gasteiger charge is -2.20. The summed E-state index contributed by atoms with van der Waals surface area (Å²) in [4.78, 5) is 40.0. The van der Waals surface area contributed by atoms with Crippen molar-refractivity contribution in [3.63, 3.8) is 0 Å². The van der Waals surface area contributed by atoms with E-state index in [4.69, 9.17) is 5.11 Å². The van der Waals surface area contributed by atoms with Crippen LogP contribution in [0.3, 0.4) is 0 Å². The quantitative estimate of drug-likeness (QED) is 0.648. The summed E-state index contributed by atoms with van der Waals surface area (Å²) >= 11 is 0. The Labute approximate surface area is 133 Å². The number of likely N-dealkylation sites (N-methyl/N-ethyl adjacent to an activating group) is 1. The first-order chi connectivity index (χ1) is 11.0. The molecule has 124 valence electrons. The summed E-state index contributed by atoms with van der Waals surface area (Å²) in [7, 11) is 1.70. The summed E-state index contributed by atoms with van der Waals surface area (Å²) < 4.78 is 0. The number of fused-ring (bicyclic) bond motifs is 1. The van der Waals surface area contributed by atoms with Gasteiger partial charge in [-0.05, 0) is 6.42 Å². The van der Waals surface area contributed by atoms with E-state index in [0.717, 1.165) is 12.8 Å². The van der Waals surface area contributed by atoms with Crippen molar-refractivity contribution >= 4 is 28.9 Å². The van der Waals surface area contributed by atoms with Gasteiger partial charge in [0.25, 0.3) is 0 Å². The molecule has 0 spiro atoms. The molecule has 2 rings (SSSR count). The van der Waals surface area contributed by atoms with Crippen molar-refractivity contribution in [2.75, 3.05) is 18.5 Å². The third-order valence-electron chi connectivity index (χ3n) is 3.42. The van der Waals surface area contributed by atoms with E-state index < -0.39 is 12.0 Å². The van der Waals surface area contributed by atoms with Crippen LogP contribution in [-0.4, -0.2) is 56.6 Å². The van der Waals surface area contributed by atoms with Gasteiger partial charge in [-0.3, -0.25) is 4.79 Å². The number of carboxylic acids is 1. The second-order valence-corrected chi connectivity index (χ2v) is 5.26. The number of nitrogens with one attached hydrogen (secondary N) is 2. The summed E-state index contributed by atoms with van der Waals surface area (Å²) in [6.45, 7) is 1.96. The maximum atomic E-state index is 12.1. The van der Waals surface area contributed by atoms with E-state index in [0.29, 0.717) is 23.4 Å². The smallest absolute Gasteiger partial charge is 0.326 e. The van der Waals surface area contributed by atoms with Crippen molar-refractivity contribution in [2.24, 2.45) is 0 Å². The Bertz CT molecular complexity index is 686. The normalized spacial score (nSPS) is 12.1. The van der Waals surface area contributed by atoms with E-state index in [2.05, 4.69) is 25.3 Å². The van der Waals surface area contributed by atoms with Crippen LogP contribution in [0.15, 0.2) is 12.7 Å². The third kappa shape index (κ3) is 4.15. The van der Waals surface area contributed by atoms with Crippen LogP contribution in [-0.2, 0) is 9.59 Å². The lowest BCUT2D eigenvalue weighted by atomic mass is 10.1. The lowest BCUT2D eigenvalue weighted by Crippen LogP contribution is -2.45. The van der Waals surface area contributed by atoms with Crippen molar-refractivity contribution < 1.29 is 14.7 Å². The number of H-pyrrole nitrogens is 1. The lowest BCUT2D eigenvalue weighted by molar-refractivity contribution is -0.141. The molecule has 0 unspecified atom stereocenters. The zero-order valence-corrected chi connectivity index (χ0v) is 13.1. The molecule has 0 saturated heterocycles. The Balaban J connectivity index is 2.01. The van der Waals surface area contributed by atoms with Crippen LogP contribution in [0.4, 0.5) is 5.82 Å². The summed E-state index contributed by atoms with van der Waals surface area (Å²) in [5.74, 6) is -0.863. The molecule has 0 aliphatic rings. The van der Waals surface area contributed by atoms with Crippen molar-refractivity contribution in [3.05, 3.63) is 12.7 Å². The molecule has 0 aliphatic heterocycles. The van der Waals surface area contributed by atoms with E-state index in [1.807, 2.05) is 6.92 Å². The number of hydrogen-bond acceptors (Lipinski definition) is 6. The monoisotopic (exact) mass is 320 g/mol. The molecule has 9 nitrogen and oxygen atoms in total. The minimum atomic E-state index is -1.02. The molecule has 1 atom stereocenters. The number of aromatic amines is 1. The fraction of sp³-hybridized carbons (Fsp3) is 0.500. The van der Waals surface area contributed by atoms with E-state index >= 15 is 0 Å². The SMILES string of the molecule is CCCC[C@H](NC(=O)CN(C)c1ncnc2nc[nH]c12)C(=O)O. The van der Waals surface area contributed by atoms with E-state index in [9.17, 15) is 9.59 Å². The van der Waals surface area contributed by atoms with Gasteiger partial charge in [0.05, 0.1) is 12.9 Å². The first-order valence-electron chi connectivity index (χ1n) is 7.40. The van der Waals surface area contributed by atoms with Crippen LogP contribution < -0.4 is 10.2 Å². The van der Waals surface area contributed by atoms with Crippen LogP contribution in [0.25, 0.3) is 11.2 Å². The highest BCUT2D eigenvalue weighted by atomic mass is 16.4. The first-order valence-corrected chi connectivity index (χ1v) is 7.40. The van der Waals surface area contributed by atoms with E-state index in [1.54, 1.807) is 11.9 Å². The van der Waals surface area contributed by atoms with E-state index in [-0.39, 0.29) is 12.5 Å². The fourth-order valence-corrected chi connectivity index (χ4v) is 2.24. The fourth-order valence-electron chi connectivity index (χ4n) is 2.24. The number of unbranched alkanes of at least 4 members (excludes halogenated alkanes) is 1. The van der Waals surface area contributed by atoms with Gasteiger partial charge in [0.2, 0.25) is 5.91 Å². The standard InChI is InChI=1S/C14H20N6O3/c1-3-4-5-9(14(22)23)19-10(21)6-20(2)13-11-12(16-7-15-11)17-8-18-13/h7-9H,3-6H2,1-2H3,(H,19,21)(H,22,23)(H,15,16,17,18)/t9-/m0/s1. The number of aliphatic carboxylic acids is 1. The molecular weight excluding hydrogens is 300 g/mol. The van der Waals surface area contributed by atoms with Crippen molar-refractivity contribution in [2.45, 2.75) is 32.2 Å². The Morgan fingerprint density at radius 3 is 2.87 bits per heavy atom. The molecule has 0 aromatic carbocycles. The molecule has 3 N–H and O–H groups in total. The molecule has 9 heteroatoms. The Morgan fingerprint density at radius 1 is 1.39 bits per heavy atom. The molecule has 23 heavy (non-hydrogen) atoms. The molecule has 1 amide bonds. The number of amides is 1. The number of hydrogen-bond donors (Lipinski definition) is 3. The number of aromatic nitrogens is 4. The van der Waals surface area contributed by atoms with Crippen LogP contribution in [0.1, 0.15) is 26.2 Å². The van der Waals surface area contributed by atoms with Crippen molar-refractivity contribution in [3.8, 4) is 0 Å². The minimum absolute atomic E-state index is 0.0129. The second-order valence-electron chi connectivity index (χ2n) is 5.26. The number of rotatable bonds is 8. The highest BCUT2D eigenvalue weighted by Gasteiger charge is 2.21. The summed E-state index contributed by atoms with van der Waals surface area (Å²) in [5, 5.41) is 11.7. The highest BCUT2D eigenvalue weighted by molar-refractivity contribution is 5.89. The zero-order valence-electron chi connectivity index (χ0n) is 13.1. The minimum Gasteiger partial charge on any atom is -0.480 e. The average molecular weight is 320 g/mol. The molecular formula is C14H20N6O3. The number of carboxylic acid groups (broad SMARTS) is 1. The van der Waals surface area contributed by atoms with Gasteiger partial charge in [0.15, 0.2) is 11.5 Å². The predicted octanol–water partition coefficient (Wildman–Crippen LogP) is 0.549. The summed E-state index contributed by atoms with van der Waals surface area (Å²) in [6.07, 6.45) is 4.90. The van der Waals surface area contributed by atoms with E-state index in [1.165, 1.54) is 12.7 Å². The maximum absolute atomic E-state index is 12.1. The molecule has 0 aliphatic carbocycles. The number of carbonyl (C=O) groups is 2. The predicted molar refractivity (Wildman–Crippen MR) is 84.0 cm³/mol. The number of nitrogens with zero attached hydrogens (tertiary/aromatic N) is 4. The largest absolute Gasteiger partial charge is 0.480 e. The molecule has 2 heterocycles. The maximum Gasteiger partial charge on any atom is 0.326 e. The number of carbonyl (C=O) groups excluding carboxylic acids is 1. The number of imidazole rings is 1. The first kappa shape index (κ1) is 16.7. The Morgan fingerprint density at radius 2 is 2.17 bits per heavy atom. The molecule has 2 aromatic heterocycles. The zero-order chi connectivity index (χ0) is 16.8. The van der Waals surface area contributed by atoms with Crippen LogP contribution in [0.5, 0.6) is 0 Å². The molecule has 0 radical (unpaired) electrons. The molecule has 0 saturated carbocycles. The molecule has 0 bridgehead atoms. The number of anilines is 1. The summed E-state index contributed by atoms with van der Waals surface area (Å²) in [6, 6.07) is -0.867. The van der Waals surface area contributed by atoms with Crippen molar-refractivity contribution in [1.29, 1.82) is 0 Å². The van der Waals surface area contributed by atoms with Crippen LogP contribution in [0, 0.1) is 0 Å². The Hall–Kier alpha value is -2.71. The summed E-state index contributed by atoms with van der Waals surface area (Å²) in [5.41, 5.74) is 1.14. The van der Waals surface area contributed by atoms with Gasteiger partial charge in [-0.1, -0.05) is 19.8 Å². The molecule has 2 aromatic rings. The van der Waals surface area contributed by atoms with Gasteiger partial charge in [-0.25, -0.2) is 19.7 Å². The molecule has 0 fully saturated rings. The van der Waals surface area contributed by atoms with Gasteiger partial charge in [0, 0.05) is 7.05 Å². The van der Waals surface area contributed by atoms with Gasteiger partial charge in [-0.2, -0.15) is 0 Å². The highest BCUT2D eigenvalue weighted by Crippen LogP contribution is 2.17. The van der Waals surface area contributed by atoms with Gasteiger partial charge >= 0.3 is 5.97 Å². The third-order valence-corrected chi connectivity index (χ3v) is 3.42. The van der Waals surface area contributed by atoms with Crippen LogP contribution in [0.2, 0.25) is 0 Å². The Kier molecular flexibility index (Phi) is 5.45. The van der Waals surface area contributed by atoms with Gasteiger partial charge in [0.1, 0.15) is 17.9 Å². The topological polar surface area (TPSA) is 124 Å². The van der Waals surface area contributed by atoms with Crippen molar-refractivity contribution in [1.82, 2.24) is 25.3 Å². The van der Waals surface area contributed by atoms with Gasteiger partial charge < -0.3 is 20.3 Å². The second kappa shape index (κ2) is 7.52.